The lowest BCUT2D eigenvalue weighted by atomic mass is 9.91. The van der Waals surface area contributed by atoms with Gasteiger partial charge in [-0.3, -0.25) is 4.79 Å². The van der Waals surface area contributed by atoms with Gasteiger partial charge in [-0.25, -0.2) is 14.3 Å². The predicted molar refractivity (Wildman–Crippen MR) is 138 cm³/mol. The first kappa shape index (κ1) is 28.8. The van der Waals surface area contributed by atoms with Crippen molar-refractivity contribution in [3.63, 3.8) is 0 Å². The van der Waals surface area contributed by atoms with Crippen LogP contribution in [-0.2, 0) is 12.4 Å². The van der Waals surface area contributed by atoms with Gasteiger partial charge in [0, 0.05) is 36.4 Å². The van der Waals surface area contributed by atoms with E-state index < -0.39 is 29.6 Å². The molecule has 1 aromatic carbocycles. The van der Waals surface area contributed by atoms with E-state index in [0.717, 1.165) is 59.6 Å². The molecule has 0 saturated heterocycles. The standard InChI is InChI=1S/C25H24F6N10O/c26-24(27,28)19-7-9-40(38-19)17-6-5-13(11-18(17)41-10-8-20(39-41)25(29,30)31)35-22-14(21(33)42)12-34-23(37-22)36-16-4-2-1-3-15(16)32/h5-12,15-16H,1-4,32H2,(H2,33,42)(H2,34,35,36,37)/t15-,16+/m0/s1. The Labute approximate surface area is 233 Å². The molecule has 0 aliphatic heterocycles. The van der Waals surface area contributed by atoms with Gasteiger partial charge in [0.15, 0.2) is 11.4 Å². The number of nitrogens with zero attached hydrogens (tertiary/aromatic N) is 6. The smallest absolute Gasteiger partial charge is 0.365 e. The van der Waals surface area contributed by atoms with E-state index >= 15 is 0 Å². The molecule has 1 aliphatic carbocycles. The summed E-state index contributed by atoms with van der Waals surface area (Å²) in [5.41, 5.74) is 9.33. The lowest BCUT2D eigenvalue weighted by Gasteiger charge is -2.29. The average Bonchev–Trinajstić information content (AvgIpc) is 3.61. The largest absolute Gasteiger partial charge is 0.435 e. The van der Waals surface area contributed by atoms with Crippen LogP contribution in [0.2, 0.25) is 0 Å². The first-order valence-electron chi connectivity index (χ1n) is 12.7. The van der Waals surface area contributed by atoms with Crippen LogP contribution in [0.5, 0.6) is 0 Å². The highest BCUT2D eigenvalue weighted by molar-refractivity contribution is 5.98. The van der Waals surface area contributed by atoms with Gasteiger partial charge in [0.25, 0.3) is 5.91 Å². The maximum Gasteiger partial charge on any atom is 0.435 e. The minimum atomic E-state index is -4.77. The maximum atomic E-state index is 13.3. The Morgan fingerprint density at radius 3 is 2.10 bits per heavy atom. The summed E-state index contributed by atoms with van der Waals surface area (Å²) >= 11 is 0. The number of carbonyl (C=O) groups is 1. The average molecular weight is 595 g/mol. The number of hydrogen-bond acceptors (Lipinski definition) is 8. The molecule has 17 heteroatoms. The summed E-state index contributed by atoms with van der Waals surface area (Å²) in [5, 5.41) is 13.1. The predicted octanol–water partition coefficient (Wildman–Crippen LogP) is 4.41. The van der Waals surface area contributed by atoms with E-state index in [1.54, 1.807) is 0 Å². The number of amides is 1. The number of rotatable bonds is 7. The molecular weight excluding hydrogens is 570 g/mol. The number of anilines is 3. The summed E-state index contributed by atoms with van der Waals surface area (Å²) in [6.45, 7) is 0. The molecule has 1 amide bonds. The van der Waals surface area contributed by atoms with Crippen LogP contribution in [0.3, 0.4) is 0 Å². The monoisotopic (exact) mass is 594 g/mol. The quantitative estimate of drug-likeness (QED) is 0.230. The summed E-state index contributed by atoms with van der Waals surface area (Å²) in [7, 11) is 0. The molecule has 6 N–H and O–H groups in total. The van der Waals surface area contributed by atoms with Crippen molar-refractivity contribution in [3.05, 3.63) is 65.9 Å². The topological polar surface area (TPSA) is 155 Å². The van der Waals surface area contributed by atoms with Crippen LogP contribution in [0.4, 0.5) is 43.8 Å². The third-order valence-corrected chi connectivity index (χ3v) is 6.68. The van der Waals surface area contributed by atoms with Crippen LogP contribution in [0.15, 0.2) is 48.9 Å². The molecule has 1 fully saturated rings. The molecule has 1 saturated carbocycles. The molecule has 4 aromatic rings. The SMILES string of the molecule is NC(=O)c1cnc(N[C@@H]2CCCC[C@@H]2N)nc1Nc1ccc(-n2ccc(C(F)(F)F)n2)c(-n2ccc(C(F)(F)F)n2)c1. The Kier molecular flexibility index (Phi) is 7.53. The molecule has 0 spiro atoms. The molecule has 42 heavy (non-hydrogen) atoms. The van der Waals surface area contributed by atoms with Crippen LogP contribution in [0.1, 0.15) is 47.4 Å². The van der Waals surface area contributed by atoms with Gasteiger partial charge in [-0.2, -0.15) is 41.5 Å². The first-order chi connectivity index (χ1) is 19.8. The van der Waals surface area contributed by atoms with Crippen LogP contribution < -0.4 is 22.1 Å². The zero-order valence-corrected chi connectivity index (χ0v) is 21.6. The highest BCUT2D eigenvalue weighted by Crippen LogP contribution is 2.32. The van der Waals surface area contributed by atoms with Crippen molar-refractivity contribution in [3.8, 4) is 11.4 Å². The van der Waals surface area contributed by atoms with E-state index in [2.05, 4.69) is 30.8 Å². The Bertz CT molecular complexity index is 1590. The molecular formula is C25H24F6N10O. The number of nitrogens with one attached hydrogen (secondary N) is 2. The summed E-state index contributed by atoms with van der Waals surface area (Å²) in [6, 6.07) is 5.28. The summed E-state index contributed by atoms with van der Waals surface area (Å²) in [6.07, 6.45) is -2.68. The van der Waals surface area contributed by atoms with Gasteiger partial charge in [-0.05, 0) is 43.2 Å². The third-order valence-electron chi connectivity index (χ3n) is 6.68. The minimum Gasteiger partial charge on any atom is -0.365 e. The number of hydrogen-bond donors (Lipinski definition) is 4. The van der Waals surface area contributed by atoms with Gasteiger partial charge in [-0.1, -0.05) is 12.8 Å². The second-order valence-electron chi connectivity index (χ2n) is 9.63. The number of carbonyl (C=O) groups excluding carboxylic acids is 1. The van der Waals surface area contributed by atoms with Gasteiger partial charge in [-0.15, -0.1) is 0 Å². The molecule has 0 unspecified atom stereocenters. The molecule has 1 aliphatic rings. The van der Waals surface area contributed by atoms with Gasteiger partial charge < -0.3 is 22.1 Å². The van der Waals surface area contributed by atoms with Crippen molar-refractivity contribution in [1.29, 1.82) is 0 Å². The zero-order chi connectivity index (χ0) is 30.2. The normalized spacial score (nSPS) is 17.7. The zero-order valence-electron chi connectivity index (χ0n) is 21.6. The molecule has 222 valence electrons. The van der Waals surface area contributed by atoms with Crippen molar-refractivity contribution in [2.45, 2.75) is 50.1 Å². The number of alkyl halides is 6. The number of aromatic nitrogens is 6. The summed E-state index contributed by atoms with van der Waals surface area (Å²) in [4.78, 5) is 20.6. The lowest BCUT2D eigenvalue weighted by molar-refractivity contribution is -0.142. The van der Waals surface area contributed by atoms with Crippen molar-refractivity contribution < 1.29 is 31.1 Å². The van der Waals surface area contributed by atoms with Crippen molar-refractivity contribution in [1.82, 2.24) is 29.5 Å². The van der Waals surface area contributed by atoms with Gasteiger partial charge >= 0.3 is 12.4 Å². The molecule has 0 bridgehead atoms. The Hall–Kier alpha value is -4.67. The molecule has 5 rings (SSSR count). The van der Waals surface area contributed by atoms with Gasteiger partial charge in [0.1, 0.15) is 11.4 Å². The highest BCUT2D eigenvalue weighted by atomic mass is 19.4. The van der Waals surface area contributed by atoms with E-state index in [9.17, 15) is 31.1 Å². The summed E-state index contributed by atoms with van der Waals surface area (Å²) in [5.74, 6) is -0.703. The fraction of sp³-hybridized carbons (Fsp3) is 0.320. The fourth-order valence-corrected chi connectivity index (χ4v) is 4.57. The molecule has 2 atom stereocenters. The Balaban J connectivity index is 1.54. The lowest BCUT2D eigenvalue weighted by Crippen LogP contribution is -2.43. The van der Waals surface area contributed by atoms with E-state index in [0.29, 0.717) is 0 Å². The van der Waals surface area contributed by atoms with Crippen LogP contribution in [0.25, 0.3) is 11.4 Å². The van der Waals surface area contributed by atoms with Crippen LogP contribution >= 0.6 is 0 Å². The Morgan fingerprint density at radius 2 is 1.52 bits per heavy atom. The van der Waals surface area contributed by atoms with Crippen LogP contribution in [0, 0.1) is 0 Å². The number of benzene rings is 1. The second kappa shape index (κ2) is 11.0. The molecule has 11 nitrogen and oxygen atoms in total. The van der Waals surface area contributed by atoms with E-state index in [1.165, 1.54) is 24.4 Å². The fourth-order valence-electron chi connectivity index (χ4n) is 4.57. The third kappa shape index (κ3) is 6.14. The Morgan fingerprint density at radius 1 is 0.905 bits per heavy atom. The van der Waals surface area contributed by atoms with Gasteiger partial charge in [0.2, 0.25) is 5.95 Å². The van der Waals surface area contributed by atoms with Gasteiger partial charge in [0.05, 0.1) is 11.4 Å². The minimum absolute atomic E-state index is 0.0145. The van der Waals surface area contributed by atoms with Crippen molar-refractivity contribution in [2.75, 3.05) is 10.6 Å². The number of primary amides is 1. The molecule has 3 aromatic heterocycles. The number of halogens is 6. The number of nitrogens with two attached hydrogens (primary N) is 2. The van der Waals surface area contributed by atoms with Crippen molar-refractivity contribution in [2.24, 2.45) is 11.5 Å². The van der Waals surface area contributed by atoms with Crippen molar-refractivity contribution >= 4 is 23.4 Å². The first-order valence-corrected chi connectivity index (χ1v) is 12.7. The van der Waals surface area contributed by atoms with E-state index in [4.69, 9.17) is 11.5 Å². The summed E-state index contributed by atoms with van der Waals surface area (Å²) < 4.78 is 81.2. The molecule has 0 radical (unpaired) electrons. The second-order valence-corrected chi connectivity index (χ2v) is 9.63. The van der Waals surface area contributed by atoms with E-state index in [-0.39, 0.29) is 46.5 Å². The van der Waals surface area contributed by atoms with E-state index in [1.807, 2.05) is 0 Å². The maximum absolute atomic E-state index is 13.3. The molecule has 3 heterocycles. The highest BCUT2D eigenvalue weighted by Gasteiger charge is 2.35. The van der Waals surface area contributed by atoms with Crippen LogP contribution in [-0.4, -0.2) is 47.5 Å².